The summed E-state index contributed by atoms with van der Waals surface area (Å²) in [7, 11) is 0. The number of aromatic nitrogens is 1. The summed E-state index contributed by atoms with van der Waals surface area (Å²) in [5.74, 6) is -0.486. The molecule has 140 valence electrons. The number of hydrogen-bond donors (Lipinski definition) is 2. The van der Waals surface area contributed by atoms with Gasteiger partial charge in [0.25, 0.3) is 0 Å². The molecule has 1 aromatic carbocycles. The predicted molar refractivity (Wildman–Crippen MR) is 107 cm³/mol. The second kappa shape index (κ2) is 7.99. The van der Waals surface area contributed by atoms with Crippen molar-refractivity contribution in [2.45, 2.75) is 53.0 Å². The normalized spacial score (nSPS) is 12.7. The largest absolute Gasteiger partial charge is 0.344 e. The number of carbonyl (C=O) groups is 2. The Labute approximate surface area is 159 Å². The molecule has 2 N–H and O–H groups in total. The van der Waals surface area contributed by atoms with Crippen molar-refractivity contribution in [1.29, 1.82) is 0 Å². The molecule has 0 bridgehead atoms. The number of carbonyl (C=O) groups excluding carboxylic acids is 2. The standard InChI is InChI=1S/C20H27N3O2S/c1-12(2)17(21-13(3)24)18(25)23-19-22-16(11-26-19)14-7-9-15(10-8-14)20(4,5)6/h7-12,17H,1-6H3,(H,21,24)(H,22,23,25). The molecule has 1 atom stereocenters. The van der Waals surface area contributed by atoms with E-state index in [-0.39, 0.29) is 23.1 Å². The summed E-state index contributed by atoms with van der Waals surface area (Å²) in [4.78, 5) is 28.2. The Kier molecular flexibility index (Phi) is 6.18. The third-order valence-electron chi connectivity index (χ3n) is 4.09. The van der Waals surface area contributed by atoms with Gasteiger partial charge in [-0.25, -0.2) is 4.98 Å². The number of nitrogens with one attached hydrogen (secondary N) is 2. The minimum atomic E-state index is -0.578. The molecular weight excluding hydrogens is 346 g/mol. The van der Waals surface area contributed by atoms with Crippen LogP contribution in [-0.2, 0) is 15.0 Å². The molecule has 26 heavy (non-hydrogen) atoms. The molecule has 1 unspecified atom stereocenters. The molecule has 0 aliphatic carbocycles. The van der Waals surface area contributed by atoms with E-state index in [1.54, 1.807) is 0 Å². The second-order valence-corrected chi connectivity index (χ2v) is 8.63. The van der Waals surface area contributed by atoms with Gasteiger partial charge in [0.2, 0.25) is 11.8 Å². The van der Waals surface area contributed by atoms with Gasteiger partial charge in [-0.05, 0) is 16.9 Å². The van der Waals surface area contributed by atoms with Gasteiger partial charge < -0.3 is 10.6 Å². The van der Waals surface area contributed by atoms with Crippen molar-refractivity contribution in [1.82, 2.24) is 10.3 Å². The highest BCUT2D eigenvalue weighted by atomic mass is 32.1. The van der Waals surface area contributed by atoms with E-state index in [1.807, 2.05) is 19.2 Å². The van der Waals surface area contributed by atoms with E-state index >= 15 is 0 Å². The molecule has 0 radical (unpaired) electrons. The van der Waals surface area contributed by atoms with Crippen LogP contribution >= 0.6 is 11.3 Å². The van der Waals surface area contributed by atoms with E-state index in [9.17, 15) is 9.59 Å². The first kappa shape index (κ1) is 20.1. The monoisotopic (exact) mass is 373 g/mol. The van der Waals surface area contributed by atoms with Crippen LogP contribution in [0.15, 0.2) is 29.6 Å². The van der Waals surface area contributed by atoms with Crippen LogP contribution in [0, 0.1) is 5.92 Å². The Morgan fingerprint density at radius 3 is 2.23 bits per heavy atom. The number of thiazole rings is 1. The lowest BCUT2D eigenvalue weighted by atomic mass is 9.86. The number of rotatable bonds is 5. The second-order valence-electron chi connectivity index (χ2n) is 7.78. The van der Waals surface area contributed by atoms with Gasteiger partial charge in [-0.15, -0.1) is 11.3 Å². The summed E-state index contributed by atoms with van der Waals surface area (Å²) in [6.45, 7) is 11.7. The van der Waals surface area contributed by atoms with Crippen LogP contribution < -0.4 is 10.6 Å². The molecule has 0 spiro atoms. The van der Waals surface area contributed by atoms with Crippen LogP contribution in [0.1, 0.15) is 47.1 Å². The number of hydrogen-bond acceptors (Lipinski definition) is 4. The molecule has 1 aromatic heterocycles. The Morgan fingerprint density at radius 2 is 1.73 bits per heavy atom. The number of nitrogens with zero attached hydrogens (tertiary/aromatic N) is 1. The number of benzene rings is 1. The molecule has 0 saturated heterocycles. The first-order valence-corrected chi connectivity index (χ1v) is 9.60. The van der Waals surface area contributed by atoms with Gasteiger partial charge in [0.05, 0.1) is 5.69 Å². The van der Waals surface area contributed by atoms with Crippen LogP contribution in [0.25, 0.3) is 11.3 Å². The fraction of sp³-hybridized carbons (Fsp3) is 0.450. The van der Waals surface area contributed by atoms with Crippen molar-refractivity contribution in [3.05, 3.63) is 35.2 Å². The minimum absolute atomic E-state index is 0.0109. The van der Waals surface area contributed by atoms with E-state index in [0.29, 0.717) is 5.13 Å². The lowest BCUT2D eigenvalue weighted by molar-refractivity contribution is -0.126. The van der Waals surface area contributed by atoms with Crippen LogP contribution in [0.3, 0.4) is 0 Å². The average molecular weight is 374 g/mol. The highest BCUT2D eigenvalue weighted by molar-refractivity contribution is 7.14. The third-order valence-corrected chi connectivity index (χ3v) is 4.85. The SMILES string of the molecule is CC(=O)NC(C(=O)Nc1nc(-c2ccc(C(C)(C)C)cc2)cs1)C(C)C. The van der Waals surface area contributed by atoms with Crippen molar-refractivity contribution < 1.29 is 9.59 Å². The molecule has 2 amide bonds. The lowest BCUT2D eigenvalue weighted by Gasteiger charge is -2.20. The molecule has 5 nitrogen and oxygen atoms in total. The van der Waals surface area contributed by atoms with E-state index in [1.165, 1.54) is 23.8 Å². The summed E-state index contributed by atoms with van der Waals surface area (Å²) in [5.41, 5.74) is 3.21. The maximum Gasteiger partial charge on any atom is 0.248 e. The Hall–Kier alpha value is -2.21. The van der Waals surface area contributed by atoms with Gasteiger partial charge in [0, 0.05) is 17.9 Å². The summed E-state index contributed by atoms with van der Waals surface area (Å²) >= 11 is 1.37. The fourth-order valence-electron chi connectivity index (χ4n) is 2.54. The van der Waals surface area contributed by atoms with E-state index < -0.39 is 6.04 Å². The van der Waals surface area contributed by atoms with E-state index in [4.69, 9.17) is 0 Å². The topological polar surface area (TPSA) is 71.1 Å². The molecule has 0 aliphatic heterocycles. The number of amides is 2. The van der Waals surface area contributed by atoms with Gasteiger partial charge in [-0.2, -0.15) is 0 Å². The summed E-state index contributed by atoms with van der Waals surface area (Å²) in [5, 5.41) is 7.94. The Morgan fingerprint density at radius 1 is 1.12 bits per heavy atom. The first-order valence-electron chi connectivity index (χ1n) is 8.72. The third kappa shape index (κ3) is 5.14. The smallest absolute Gasteiger partial charge is 0.248 e. The molecule has 1 heterocycles. The maximum absolute atomic E-state index is 12.4. The van der Waals surface area contributed by atoms with Crippen LogP contribution in [0.4, 0.5) is 5.13 Å². The van der Waals surface area contributed by atoms with Crippen molar-refractivity contribution >= 4 is 28.3 Å². The molecule has 2 aromatic rings. The average Bonchev–Trinajstić information content (AvgIpc) is 2.99. The van der Waals surface area contributed by atoms with Gasteiger partial charge in [0.15, 0.2) is 5.13 Å². The Bertz CT molecular complexity index is 773. The molecule has 2 rings (SSSR count). The van der Waals surface area contributed by atoms with E-state index in [2.05, 4.69) is 60.7 Å². The van der Waals surface area contributed by atoms with Crippen molar-refractivity contribution in [3.63, 3.8) is 0 Å². The zero-order valence-corrected chi connectivity index (χ0v) is 17.0. The first-order chi connectivity index (χ1) is 12.1. The molecule has 0 saturated carbocycles. The molecule has 6 heteroatoms. The van der Waals surface area contributed by atoms with Crippen LogP contribution in [0.5, 0.6) is 0 Å². The highest BCUT2D eigenvalue weighted by Crippen LogP contribution is 2.28. The van der Waals surface area contributed by atoms with Crippen LogP contribution in [0.2, 0.25) is 0 Å². The van der Waals surface area contributed by atoms with Crippen LogP contribution in [-0.4, -0.2) is 22.8 Å². The maximum atomic E-state index is 12.4. The molecule has 0 fully saturated rings. The zero-order valence-electron chi connectivity index (χ0n) is 16.2. The Balaban J connectivity index is 2.12. The fourth-order valence-corrected chi connectivity index (χ4v) is 3.26. The summed E-state index contributed by atoms with van der Waals surface area (Å²) < 4.78 is 0. The van der Waals surface area contributed by atoms with Crippen molar-refractivity contribution in [2.75, 3.05) is 5.32 Å². The van der Waals surface area contributed by atoms with Gasteiger partial charge in [0.1, 0.15) is 6.04 Å². The molecule has 0 aliphatic rings. The number of anilines is 1. The zero-order chi connectivity index (χ0) is 19.5. The predicted octanol–water partition coefficient (Wildman–Crippen LogP) is 4.21. The van der Waals surface area contributed by atoms with Gasteiger partial charge in [-0.1, -0.05) is 58.9 Å². The van der Waals surface area contributed by atoms with E-state index in [0.717, 1.165) is 11.3 Å². The summed E-state index contributed by atoms with van der Waals surface area (Å²) in [6, 6.07) is 7.74. The van der Waals surface area contributed by atoms with Crippen molar-refractivity contribution in [2.24, 2.45) is 5.92 Å². The van der Waals surface area contributed by atoms with Crippen molar-refractivity contribution in [3.8, 4) is 11.3 Å². The molecular formula is C20H27N3O2S. The quantitative estimate of drug-likeness (QED) is 0.825. The van der Waals surface area contributed by atoms with Gasteiger partial charge in [-0.3, -0.25) is 9.59 Å². The lowest BCUT2D eigenvalue weighted by Crippen LogP contribution is -2.46. The summed E-state index contributed by atoms with van der Waals surface area (Å²) in [6.07, 6.45) is 0. The minimum Gasteiger partial charge on any atom is -0.344 e. The highest BCUT2D eigenvalue weighted by Gasteiger charge is 2.24. The van der Waals surface area contributed by atoms with Gasteiger partial charge >= 0.3 is 0 Å².